The number of halogens is 1. The molecular weight excluding hydrogens is 298 g/mol. The Balaban J connectivity index is 2.03. The number of hydrogen-bond donors (Lipinski definition) is 2. The van der Waals surface area contributed by atoms with E-state index in [-0.39, 0.29) is 12.5 Å². The molecule has 1 aromatic rings. The molecule has 114 valence electrons. The number of methoxy groups -OCH3 is 1. The lowest BCUT2D eigenvalue weighted by atomic mass is 9.96. The van der Waals surface area contributed by atoms with Crippen LogP contribution in [-0.2, 0) is 20.7 Å². The number of fused-ring (bicyclic) bond motifs is 1. The third kappa shape index (κ3) is 3.65. The molecule has 2 atom stereocenters. The molecule has 0 aromatic heterocycles. The third-order valence-corrected chi connectivity index (χ3v) is 3.52. The Hall–Kier alpha value is -1.79. The molecule has 0 unspecified atom stereocenters. The van der Waals surface area contributed by atoms with Gasteiger partial charge < -0.3 is 19.9 Å². The second kappa shape index (κ2) is 6.78. The number of aliphatic hydroxyl groups is 1. The molecule has 6 nitrogen and oxygen atoms in total. The van der Waals surface area contributed by atoms with E-state index in [2.05, 4.69) is 10.1 Å². The van der Waals surface area contributed by atoms with Crippen LogP contribution in [0.4, 0.5) is 0 Å². The Labute approximate surface area is 127 Å². The SMILES string of the molecule is COC(=O)[C@H](CO)NC(=O)[C@@H]1COc2ccc(Cl)cc2C1. The van der Waals surface area contributed by atoms with Crippen LogP contribution in [0.25, 0.3) is 0 Å². The summed E-state index contributed by atoms with van der Waals surface area (Å²) in [6.07, 6.45) is 0.459. The number of esters is 1. The van der Waals surface area contributed by atoms with Crippen LogP contribution in [0.5, 0.6) is 5.75 Å². The van der Waals surface area contributed by atoms with Gasteiger partial charge in [-0.1, -0.05) is 11.6 Å². The maximum absolute atomic E-state index is 12.1. The molecule has 2 N–H and O–H groups in total. The zero-order chi connectivity index (χ0) is 15.4. The van der Waals surface area contributed by atoms with Crippen LogP contribution in [0.2, 0.25) is 5.02 Å². The Kier molecular flexibility index (Phi) is 5.03. The van der Waals surface area contributed by atoms with E-state index in [0.29, 0.717) is 17.2 Å². The van der Waals surface area contributed by atoms with Crippen LogP contribution in [0.1, 0.15) is 5.56 Å². The van der Waals surface area contributed by atoms with Crippen molar-refractivity contribution in [2.45, 2.75) is 12.5 Å². The van der Waals surface area contributed by atoms with Gasteiger partial charge in [0.05, 0.1) is 19.6 Å². The number of hydrogen-bond acceptors (Lipinski definition) is 5. The molecule has 1 heterocycles. The van der Waals surface area contributed by atoms with Gasteiger partial charge in [0.1, 0.15) is 12.4 Å². The lowest BCUT2D eigenvalue weighted by Gasteiger charge is -2.26. The number of carbonyl (C=O) groups is 2. The van der Waals surface area contributed by atoms with E-state index in [1.54, 1.807) is 18.2 Å². The molecule has 0 aliphatic carbocycles. The fraction of sp³-hybridized carbons (Fsp3) is 0.429. The van der Waals surface area contributed by atoms with E-state index in [9.17, 15) is 9.59 Å². The molecule has 0 spiro atoms. The van der Waals surface area contributed by atoms with Crippen molar-refractivity contribution < 1.29 is 24.2 Å². The first-order chi connectivity index (χ1) is 10.0. The van der Waals surface area contributed by atoms with Crippen molar-refractivity contribution in [3.05, 3.63) is 28.8 Å². The second-order valence-electron chi connectivity index (χ2n) is 4.73. The van der Waals surface area contributed by atoms with Gasteiger partial charge in [0.2, 0.25) is 5.91 Å². The van der Waals surface area contributed by atoms with E-state index in [1.165, 1.54) is 7.11 Å². The quantitative estimate of drug-likeness (QED) is 0.793. The normalized spacial score (nSPS) is 18.1. The van der Waals surface area contributed by atoms with Crippen LogP contribution in [0.15, 0.2) is 18.2 Å². The van der Waals surface area contributed by atoms with E-state index in [1.807, 2.05) is 0 Å². The van der Waals surface area contributed by atoms with Crippen molar-refractivity contribution in [3.63, 3.8) is 0 Å². The molecule has 0 fully saturated rings. The summed E-state index contributed by atoms with van der Waals surface area (Å²) in [6, 6.07) is 4.17. The average molecular weight is 314 g/mol. The summed E-state index contributed by atoms with van der Waals surface area (Å²) in [5, 5.41) is 12.1. The smallest absolute Gasteiger partial charge is 0.330 e. The van der Waals surface area contributed by atoms with Crippen LogP contribution >= 0.6 is 11.6 Å². The first-order valence-electron chi connectivity index (χ1n) is 6.45. The Bertz CT molecular complexity index is 548. The molecule has 7 heteroatoms. The van der Waals surface area contributed by atoms with Crippen molar-refractivity contribution in [1.29, 1.82) is 0 Å². The van der Waals surface area contributed by atoms with Gasteiger partial charge in [0.15, 0.2) is 6.04 Å². The maximum atomic E-state index is 12.1. The average Bonchev–Trinajstić information content (AvgIpc) is 2.50. The maximum Gasteiger partial charge on any atom is 0.330 e. The van der Waals surface area contributed by atoms with Crippen molar-refractivity contribution in [3.8, 4) is 5.75 Å². The zero-order valence-corrected chi connectivity index (χ0v) is 12.2. The number of amides is 1. The minimum Gasteiger partial charge on any atom is -0.492 e. The number of benzene rings is 1. The molecule has 2 rings (SSSR count). The summed E-state index contributed by atoms with van der Waals surface area (Å²) in [4.78, 5) is 23.5. The Morgan fingerprint density at radius 2 is 2.33 bits per heavy atom. The highest BCUT2D eigenvalue weighted by Gasteiger charge is 2.29. The molecule has 0 saturated carbocycles. The number of aliphatic hydroxyl groups excluding tert-OH is 1. The topological polar surface area (TPSA) is 84.9 Å². The van der Waals surface area contributed by atoms with Gasteiger partial charge >= 0.3 is 5.97 Å². The van der Waals surface area contributed by atoms with Crippen molar-refractivity contribution in [2.75, 3.05) is 20.3 Å². The summed E-state index contributed by atoms with van der Waals surface area (Å²) >= 11 is 5.92. The van der Waals surface area contributed by atoms with Gasteiger partial charge in [-0.2, -0.15) is 0 Å². The zero-order valence-electron chi connectivity index (χ0n) is 11.5. The lowest BCUT2D eigenvalue weighted by Crippen LogP contribution is -2.48. The summed E-state index contributed by atoms with van der Waals surface area (Å²) in [7, 11) is 1.19. The first-order valence-corrected chi connectivity index (χ1v) is 6.83. The van der Waals surface area contributed by atoms with Gasteiger partial charge in [-0.15, -0.1) is 0 Å². The molecule has 0 radical (unpaired) electrons. The molecule has 0 bridgehead atoms. The largest absolute Gasteiger partial charge is 0.492 e. The summed E-state index contributed by atoms with van der Waals surface area (Å²) in [6.45, 7) is -0.311. The monoisotopic (exact) mass is 313 g/mol. The van der Waals surface area contributed by atoms with Gasteiger partial charge in [-0.3, -0.25) is 4.79 Å². The summed E-state index contributed by atoms with van der Waals surface area (Å²) in [5.74, 6) is -0.805. The minimum atomic E-state index is -1.07. The minimum absolute atomic E-state index is 0.208. The first kappa shape index (κ1) is 15.6. The fourth-order valence-electron chi connectivity index (χ4n) is 2.14. The molecule has 1 aliphatic heterocycles. The van der Waals surface area contributed by atoms with Crippen molar-refractivity contribution in [2.24, 2.45) is 5.92 Å². The van der Waals surface area contributed by atoms with Crippen LogP contribution in [-0.4, -0.2) is 43.3 Å². The molecule has 21 heavy (non-hydrogen) atoms. The van der Waals surface area contributed by atoms with Gasteiger partial charge in [0.25, 0.3) is 0 Å². The predicted octanol–water partition coefficient (Wildman–Crippen LogP) is 0.541. The van der Waals surface area contributed by atoms with E-state index in [4.69, 9.17) is 21.4 Å². The second-order valence-corrected chi connectivity index (χ2v) is 5.17. The van der Waals surface area contributed by atoms with Gasteiger partial charge in [-0.25, -0.2) is 4.79 Å². The highest BCUT2D eigenvalue weighted by Crippen LogP contribution is 2.29. The predicted molar refractivity (Wildman–Crippen MR) is 75.2 cm³/mol. The Morgan fingerprint density at radius 1 is 1.57 bits per heavy atom. The number of carbonyl (C=O) groups excluding carboxylic acids is 2. The highest BCUT2D eigenvalue weighted by molar-refractivity contribution is 6.30. The fourth-order valence-corrected chi connectivity index (χ4v) is 2.34. The van der Waals surface area contributed by atoms with Crippen LogP contribution in [0, 0.1) is 5.92 Å². The number of rotatable bonds is 4. The molecular formula is C14H16ClNO5. The molecule has 1 aliphatic rings. The Morgan fingerprint density at radius 3 is 3.00 bits per heavy atom. The molecule has 1 aromatic carbocycles. The van der Waals surface area contributed by atoms with Crippen LogP contribution in [0.3, 0.4) is 0 Å². The molecule has 0 saturated heterocycles. The lowest BCUT2D eigenvalue weighted by molar-refractivity contribution is -0.147. The van der Waals surface area contributed by atoms with E-state index in [0.717, 1.165) is 5.56 Å². The van der Waals surface area contributed by atoms with Crippen LogP contribution < -0.4 is 10.1 Å². The van der Waals surface area contributed by atoms with Gasteiger partial charge in [-0.05, 0) is 30.2 Å². The molecule has 1 amide bonds. The van der Waals surface area contributed by atoms with E-state index < -0.39 is 24.5 Å². The summed E-state index contributed by atoms with van der Waals surface area (Å²) in [5.41, 5.74) is 0.840. The van der Waals surface area contributed by atoms with E-state index >= 15 is 0 Å². The standard InChI is InChI=1S/C14H16ClNO5/c1-20-14(19)11(6-17)16-13(18)9-4-8-5-10(15)2-3-12(8)21-7-9/h2-3,5,9,11,17H,4,6-7H2,1H3,(H,16,18)/t9-,11-/m0/s1. The highest BCUT2D eigenvalue weighted by atomic mass is 35.5. The number of ether oxygens (including phenoxy) is 2. The van der Waals surface area contributed by atoms with Crippen molar-refractivity contribution in [1.82, 2.24) is 5.32 Å². The third-order valence-electron chi connectivity index (χ3n) is 3.28. The number of nitrogens with one attached hydrogen (secondary N) is 1. The summed E-state index contributed by atoms with van der Waals surface area (Å²) < 4.78 is 10.0. The van der Waals surface area contributed by atoms with Gasteiger partial charge in [0, 0.05) is 5.02 Å². The van der Waals surface area contributed by atoms with Crippen molar-refractivity contribution >= 4 is 23.5 Å².